The van der Waals surface area contributed by atoms with Crippen molar-refractivity contribution >= 4 is 12.1 Å². The highest BCUT2D eigenvalue weighted by Gasteiger charge is 2.08. The highest BCUT2D eigenvalue weighted by atomic mass is 16.4. The first-order valence-corrected chi connectivity index (χ1v) is 5.14. The Morgan fingerprint density at radius 3 is 3.11 bits per heavy atom. The number of aromatic nitrogens is 1. The Kier molecular flexibility index (Phi) is 3.25. The van der Waals surface area contributed by atoms with Crippen molar-refractivity contribution in [2.75, 3.05) is 5.43 Å². The lowest BCUT2D eigenvalue weighted by molar-refractivity contribution is 0.475. The standard InChI is InChI=1S/C12H10N4O2/c1-8-15-11(6-13)12(18-8)16-14-7-9-3-2-4-10(17)5-9/h2-5,7,16-17H,1H3/b14-7+. The fourth-order valence-corrected chi connectivity index (χ4v) is 1.35. The number of hydrogen-bond acceptors (Lipinski definition) is 6. The Morgan fingerprint density at radius 1 is 1.56 bits per heavy atom. The lowest BCUT2D eigenvalue weighted by atomic mass is 10.2. The summed E-state index contributed by atoms with van der Waals surface area (Å²) in [6.07, 6.45) is 1.50. The molecular weight excluding hydrogens is 232 g/mol. The minimum Gasteiger partial charge on any atom is -0.508 e. The average molecular weight is 242 g/mol. The summed E-state index contributed by atoms with van der Waals surface area (Å²) in [4.78, 5) is 3.86. The van der Waals surface area contributed by atoms with E-state index in [9.17, 15) is 5.11 Å². The van der Waals surface area contributed by atoms with E-state index in [1.807, 2.05) is 6.07 Å². The molecule has 0 spiro atoms. The van der Waals surface area contributed by atoms with Gasteiger partial charge in [-0.15, -0.1) is 0 Å². The van der Waals surface area contributed by atoms with Crippen LogP contribution in [0.3, 0.4) is 0 Å². The molecule has 0 aliphatic rings. The van der Waals surface area contributed by atoms with E-state index in [0.29, 0.717) is 5.89 Å². The smallest absolute Gasteiger partial charge is 0.252 e. The second kappa shape index (κ2) is 5.01. The molecule has 1 aromatic heterocycles. The summed E-state index contributed by atoms with van der Waals surface area (Å²) in [6.45, 7) is 1.64. The number of nitrogens with one attached hydrogen (secondary N) is 1. The zero-order valence-corrected chi connectivity index (χ0v) is 9.58. The molecule has 0 atom stereocenters. The molecule has 0 bridgehead atoms. The van der Waals surface area contributed by atoms with Gasteiger partial charge in [-0.2, -0.15) is 10.4 Å². The number of oxazole rings is 1. The molecule has 2 rings (SSSR count). The number of nitriles is 1. The lowest BCUT2D eigenvalue weighted by Crippen LogP contribution is -1.91. The summed E-state index contributed by atoms with van der Waals surface area (Å²) in [5.41, 5.74) is 3.46. The first-order valence-electron chi connectivity index (χ1n) is 5.14. The maximum atomic E-state index is 9.26. The second-order valence-corrected chi connectivity index (χ2v) is 3.49. The third kappa shape index (κ3) is 2.65. The minimum atomic E-state index is 0.153. The summed E-state index contributed by atoms with van der Waals surface area (Å²) in [5, 5.41) is 22.0. The number of benzene rings is 1. The first-order chi connectivity index (χ1) is 8.69. The molecule has 0 unspecified atom stereocenters. The van der Waals surface area contributed by atoms with Crippen LogP contribution in [0.15, 0.2) is 33.8 Å². The van der Waals surface area contributed by atoms with Gasteiger partial charge >= 0.3 is 0 Å². The molecule has 0 amide bonds. The fraction of sp³-hybridized carbons (Fsp3) is 0.0833. The summed E-state index contributed by atoms with van der Waals surface area (Å²) >= 11 is 0. The van der Waals surface area contributed by atoms with Gasteiger partial charge in [0.1, 0.15) is 11.8 Å². The van der Waals surface area contributed by atoms with Gasteiger partial charge in [0.2, 0.25) is 5.69 Å². The molecule has 0 saturated carbocycles. The molecular formula is C12H10N4O2. The third-order valence-corrected chi connectivity index (χ3v) is 2.09. The van der Waals surface area contributed by atoms with E-state index in [-0.39, 0.29) is 17.3 Å². The van der Waals surface area contributed by atoms with E-state index >= 15 is 0 Å². The highest BCUT2D eigenvalue weighted by Crippen LogP contribution is 2.15. The lowest BCUT2D eigenvalue weighted by Gasteiger charge is -1.95. The molecule has 0 fully saturated rings. The number of aryl methyl sites for hydroxylation is 1. The fourth-order valence-electron chi connectivity index (χ4n) is 1.35. The van der Waals surface area contributed by atoms with Crippen molar-refractivity contribution < 1.29 is 9.52 Å². The Hall–Kier alpha value is -2.81. The number of anilines is 1. The maximum absolute atomic E-state index is 9.26. The summed E-state index contributed by atoms with van der Waals surface area (Å²) in [7, 11) is 0. The van der Waals surface area contributed by atoms with Crippen molar-refractivity contribution in [2.45, 2.75) is 6.92 Å². The molecule has 1 heterocycles. The largest absolute Gasteiger partial charge is 0.508 e. The molecule has 0 aliphatic carbocycles. The molecule has 2 aromatic rings. The third-order valence-electron chi connectivity index (χ3n) is 2.09. The topological polar surface area (TPSA) is 94.4 Å². The van der Waals surface area contributed by atoms with Gasteiger partial charge in [0.15, 0.2) is 5.89 Å². The molecule has 0 aliphatic heterocycles. The summed E-state index contributed by atoms with van der Waals surface area (Å²) in [6, 6.07) is 8.50. The van der Waals surface area contributed by atoms with E-state index in [2.05, 4.69) is 15.5 Å². The van der Waals surface area contributed by atoms with Crippen LogP contribution in [0.5, 0.6) is 5.75 Å². The van der Waals surface area contributed by atoms with Gasteiger partial charge in [0, 0.05) is 6.92 Å². The van der Waals surface area contributed by atoms with Crippen LogP contribution in [-0.2, 0) is 0 Å². The predicted octanol–water partition coefficient (Wildman–Crippen LogP) is 2.01. The minimum absolute atomic E-state index is 0.153. The van der Waals surface area contributed by atoms with Crippen LogP contribution in [0.4, 0.5) is 5.88 Å². The Morgan fingerprint density at radius 2 is 2.39 bits per heavy atom. The number of hydrazone groups is 1. The normalized spacial score (nSPS) is 10.4. The predicted molar refractivity (Wildman–Crippen MR) is 65.3 cm³/mol. The van der Waals surface area contributed by atoms with Crippen LogP contribution in [0.1, 0.15) is 17.1 Å². The zero-order chi connectivity index (χ0) is 13.0. The monoisotopic (exact) mass is 242 g/mol. The van der Waals surface area contributed by atoms with E-state index in [4.69, 9.17) is 9.68 Å². The van der Waals surface area contributed by atoms with Crippen LogP contribution in [0.25, 0.3) is 0 Å². The van der Waals surface area contributed by atoms with E-state index < -0.39 is 0 Å². The molecule has 90 valence electrons. The van der Waals surface area contributed by atoms with Gasteiger partial charge < -0.3 is 9.52 Å². The van der Waals surface area contributed by atoms with Crippen molar-refractivity contribution in [1.29, 1.82) is 5.26 Å². The van der Waals surface area contributed by atoms with Gasteiger partial charge in [0.05, 0.1) is 6.21 Å². The molecule has 18 heavy (non-hydrogen) atoms. The average Bonchev–Trinajstić information content (AvgIpc) is 2.70. The SMILES string of the molecule is Cc1nc(C#N)c(N/N=C/c2cccc(O)c2)o1. The number of rotatable bonds is 3. The van der Waals surface area contributed by atoms with E-state index in [1.54, 1.807) is 31.2 Å². The molecule has 2 N–H and O–H groups in total. The van der Waals surface area contributed by atoms with Gasteiger partial charge in [0.25, 0.3) is 5.88 Å². The van der Waals surface area contributed by atoms with E-state index in [0.717, 1.165) is 5.56 Å². The van der Waals surface area contributed by atoms with Crippen LogP contribution < -0.4 is 5.43 Å². The maximum Gasteiger partial charge on any atom is 0.252 e. The number of aromatic hydroxyl groups is 1. The molecule has 0 saturated heterocycles. The van der Waals surface area contributed by atoms with Gasteiger partial charge in [-0.25, -0.2) is 10.4 Å². The quantitative estimate of drug-likeness (QED) is 0.634. The molecule has 0 radical (unpaired) electrons. The Labute approximate surface area is 103 Å². The first kappa shape index (κ1) is 11.7. The van der Waals surface area contributed by atoms with Gasteiger partial charge in [-0.05, 0) is 17.7 Å². The molecule has 6 heteroatoms. The number of phenolic OH excluding ortho intramolecular Hbond substituents is 1. The zero-order valence-electron chi connectivity index (χ0n) is 9.58. The van der Waals surface area contributed by atoms with Crippen molar-refractivity contribution in [3.8, 4) is 11.8 Å². The van der Waals surface area contributed by atoms with Crippen LogP contribution in [-0.4, -0.2) is 16.3 Å². The summed E-state index contributed by atoms with van der Waals surface area (Å²) in [5.74, 6) is 0.750. The van der Waals surface area contributed by atoms with Crippen LogP contribution in [0.2, 0.25) is 0 Å². The van der Waals surface area contributed by atoms with Crippen LogP contribution in [0, 0.1) is 18.3 Å². The second-order valence-electron chi connectivity index (χ2n) is 3.49. The van der Waals surface area contributed by atoms with Crippen molar-refractivity contribution in [2.24, 2.45) is 5.10 Å². The van der Waals surface area contributed by atoms with E-state index in [1.165, 1.54) is 6.21 Å². The Bertz CT molecular complexity index is 625. The van der Waals surface area contributed by atoms with Crippen molar-refractivity contribution in [3.05, 3.63) is 41.4 Å². The number of nitrogens with zero attached hydrogens (tertiary/aromatic N) is 3. The highest BCUT2D eigenvalue weighted by molar-refractivity contribution is 5.80. The van der Waals surface area contributed by atoms with Crippen molar-refractivity contribution in [1.82, 2.24) is 4.98 Å². The number of phenols is 1. The Balaban J connectivity index is 2.10. The molecule has 6 nitrogen and oxygen atoms in total. The summed E-state index contributed by atoms with van der Waals surface area (Å²) < 4.78 is 5.16. The number of hydrogen-bond donors (Lipinski definition) is 2. The molecule has 1 aromatic carbocycles. The van der Waals surface area contributed by atoms with Crippen LogP contribution >= 0.6 is 0 Å². The van der Waals surface area contributed by atoms with Gasteiger partial charge in [-0.1, -0.05) is 12.1 Å². The van der Waals surface area contributed by atoms with Crippen molar-refractivity contribution in [3.63, 3.8) is 0 Å². The van der Waals surface area contributed by atoms with Gasteiger partial charge in [-0.3, -0.25) is 0 Å².